The molecular formula is C25H12Cl2F6N6O4S2. The molecule has 234 valence electrons. The molecule has 0 amide bonds. The fourth-order valence-corrected chi connectivity index (χ4v) is 6.05. The monoisotopic (exact) mass is 708 g/mol. The third-order valence-corrected chi connectivity index (χ3v) is 8.61. The fraction of sp³-hybridized carbons (Fsp3) is 0.120. The lowest BCUT2D eigenvalue weighted by Crippen LogP contribution is -2.40. The van der Waals surface area contributed by atoms with Crippen molar-refractivity contribution in [3.05, 3.63) is 112 Å². The van der Waals surface area contributed by atoms with Gasteiger partial charge in [0.2, 0.25) is 0 Å². The summed E-state index contributed by atoms with van der Waals surface area (Å²) in [5.41, 5.74) is -6.90. The number of hydrogen-bond donors (Lipinski definition) is 1. The highest BCUT2D eigenvalue weighted by Gasteiger charge is 2.35. The lowest BCUT2D eigenvalue weighted by Gasteiger charge is -2.13. The van der Waals surface area contributed by atoms with Crippen LogP contribution in [0.5, 0.6) is 0 Å². The maximum absolute atomic E-state index is 12.8. The number of halogens is 8. The Hall–Kier alpha value is -4.26. The zero-order valence-electron chi connectivity index (χ0n) is 21.8. The minimum absolute atomic E-state index is 0.106. The van der Waals surface area contributed by atoms with Crippen LogP contribution in [0.15, 0.2) is 67.7 Å². The maximum Gasteiger partial charge on any atom is 0.431 e. The van der Waals surface area contributed by atoms with Crippen LogP contribution >= 0.6 is 46.3 Å². The van der Waals surface area contributed by atoms with Crippen molar-refractivity contribution in [2.75, 3.05) is 0 Å². The molecule has 0 aliphatic rings. The maximum atomic E-state index is 12.8. The molecule has 4 aromatic heterocycles. The third-order valence-electron chi connectivity index (χ3n) is 6.18. The Labute approximate surface area is 262 Å². The average Bonchev–Trinajstić information content (AvgIpc) is 3.51. The molecule has 0 spiro atoms. The summed E-state index contributed by atoms with van der Waals surface area (Å²) in [7, 11) is 0.957. The Balaban J connectivity index is 0.000000178. The molecule has 6 aromatic rings. The Morgan fingerprint density at radius 3 is 1.67 bits per heavy atom. The van der Waals surface area contributed by atoms with Crippen molar-refractivity contribution in [1.82, 2.24) is 27.4 Å². The number of hydrogen-bond acceptors (Lipinski definition) is 8. The zero-order valence-corrected chi connectivity index (χ0v) is 25.0. The number of rotatable bonds is 2. The predicted octanol–water partition coefficient (Wildman–Crippen LogP) is 5.63. The van der Waals surface area contributed by atoms with E-state index in [1.807, 2.05) is 0 Å². The summed E-state index contributed by atoms with van der Waals surface area (Å²) in [5.74, 6) is 0. The van der Waals surface area contributed by atoms with Gasteiger partial charge in [-0.25, -0.2) is 18.7 Å². The minimum Gasteiger partial charge on any atom is -0.303 e. The zero-order chi connectivity index (χ0) is 33.0. The van der Waals surface area contributed by atoms with Crippen molar-refractivity contribution in [3.63, 3.8) is 0 Å². The lowest BCUT2D eigenvalue weighted by atomic mass is 10.2. The van der Waals surface area contributed by atoms with Crippen LogP contribution in [0.4, 0.5) is 26.3 Å². The van der Waals surface area contributed by atoms with Gasteiger partial charge < -0.3 is 4.98 Å². The van der Waals surface area contributed by atoms with E-state index in [4.69, 9.17) is 23.2 Å². The van der Waals surface area contributed by atoms with Crippen molar-refractivity contribution in [2.45, 2.75) is 12.4 Å². The molecule has 0 bridgehead atoms. The van der Waals surface area contributed by atoms with Crippen LogP contribution in [0, 0.1) is 0 Å². The minimum atomic E-state index is -4.80. The first-order valence-corrected chi connectivity index (χ1v) is 14.2. The molecule has 0 unspecified atom stereocenters. The van der Waals surface area contributed by atoms with Crippen LogP contribution in [-0.2, 0) is 19.4 Å². The van der Waals surface area contributed by atoms with Gasteiger partial charge in [-0.05, 0) is 59.5 Å². The number of nitrogens with one attached hydrogen (secondary N) is 1. The summed E-state index contributed by atoms with van der Waals surface area (Å²) < 4.78 is 87.1. The van der Waals surface area contributed by atoms with Crippen LogP contribution < -0.4 is 22.5 Å². The van der Waals surface area contributed by atoms with E-state index in [2.05, 4.69) is 8.75 Å². The number of H-pyrrole nitrogens is 1. The molecule has 10 nitrogen and oxygen atoms in total. The van der Waals surface area contributed by atoms with Gasteiger partial charge in [0.05, 0.1) is 20.8 Å². The molecule has 0 saturated heterocycles. The molecule has 20 heteroatoms. The Morgan fingerprint density at radius 2 is 1.20 bits per heavy atom. The highest BCUT2D eigenvalue weighted by atomic mass is 35.5. The van der Waals surface area contributed by atoms with Gasteiger partial charge in [-0.1, -0.05) is 23.2 Å². The van der Waals surface area contributed by atoms with Gasteiger partial charge in [0.15, 0.2) is 10.3 Å². The molecule has 0 aliphatic heterocycles. The standard InChI is InChI=1S/C13H7ClF3N3O2S.C12H5ClF3N3O2S/c1-19-9(13(15,16)17)5-10(21)20(12(19)22)6-2-3-8-7(4-6)11(14)18-23-8;13-10-6-3-5(1-2-7(6)22-18-10)19-9(20)4-8(12(14,15)16)17-11(19)21/h2-5H,1H3;1-4H,(H,17,21). The van der Waals surface area contributed by atoms with E-state index in [0.717, 1.165) is 39.5 Å². The Bertz CT molecular complexity index is 2320. The van der Waals surface area contributed by atoms with E-state index < -0.39 is 46.2 Å². The first kappa shape index (κ1) is 32.1. The molecule has 1 N–H and O–H groups in total. The summed E-state index contributed by atoms with van der Waals surface area (Å²) >= 11 is 14.0. The predicted molar refractivity (Wildman–Crippen MR) is 156 cm³/mol. The van der Waals surface area contributed by atoms with Gasteiger partial charge in [-0.3, -0.25) is 14.2 Å². The highest BCUT2D eigenvalue weighted by molar-refractivity contribution is 7.14. The lowest BCUT2D eigenvalue weighted by molar-refractivity contribution is -0.144. The first-order chi connectivity index (χ1) is 21.0. The van der Waals surface area contributed by atoms with E-state index in [-0.39, 0.29) is 21.7 Å². The van der Waals surface area contributed by atoms with Crippen LogP contribution in [0.25, 0.3) is 31.5 Å². The van der Waals surface area contributed by atoms with E-state index in [0.29, 0.717) is 36.6 Å². The van der Waals surface area contributed by atoms with E-state index in [1.54, 1.807) is 17.1 Å². The van der Waals surface area contributed by atoms with Crippen molar-refractivity contribution in [2.24, 2.45) is 7.05 Å². The number of alkyl halides is 6. The molecule has 45 heavy (non-hydrogen) atoms. The molecule has 0 atom stereocenters. The summed E-state index contributed by atoms with van der Waals surface area (Å²) in [5, 5.41) is 1.42. The second kappa shape index (κ2) is 11.6. The van der Waals surface area contributed by atoms with Crippen LogP contribution in [0.3, 0.4) is 0 Å². The molecule has 2 aromatic carbocycles. The number of aromatic amines is 1. The van der Waals surface area contributed by atoms with Gasteiger partial charge in [0.1, 0.15) is 11.4 Å². The summed E-state index contributed by atoms with van der Waals surface area (Å²) in [6, 6.07) is 9.64. The summed E-state index contributed by atoms with van der Waals surface area (Å²) in [6.07, 6.45) is -9.60. The molecule has 0 aliphatic carbocycles. The molecule has 0 saturated carbocycles. The average molecular weight is 709 g/mol. The van der Waals surface area contributed by atoms with Gasteiger partial charge in [-0.2, -0.15) is 35.1 Å². The summed E-state index contributed by atoms with van der Waals surface area (Å²) in [6.45, 7) is 0. The van der Waals surface area contributed by atoms with Crippen LogP contribution in [0.1, 0.15) is 11.4 Å². The quantitative estimate of drug-likeness (QED) is 0.233. The largest absolute Gasteiger partial charge is 0.431 e. The van der Waals surface area contributed by atoms with E-state index >= 15 is 0 Å². The highest BCUT2D eigenvalue weighted by Crippen LogP contribution is 2.30. The van der Waals surface area contributed by atoms with E-state index in [9.17, 15) is 45.5 Å². The fourth-order valence-electron chi connectivity index (χ4n) is 4.10. The molecule has 4 heterocycles. The smallest absolute Gasteiger partial charge is 0.303 e. The van der Waals surface area contributed by atoms with Crippen molar-refractivity contribution in [1.29, 1.82) is 0 Å². The molecule has 0 fully saturated rings. The number of nitrogens with zero attached hydrogens (tertiary/aromatic N) is 5. The summed E-state index contributed by atoms with van der Waals surface area (Å²) in [4.78, 5) is 49.6. The van der Waals surface area contributed by atoms with E-state index in [1.165, 1.54) is 24.3 Å². The molecular weight excluding hydrogens is 697 g/mol. The van der Waals surface area contributed by atoms with Gasteiger partial charge in [-0.15, -0.1) is 0 Å². The van der Waals surface area contributed by atoms with Gasteiger partial charge in [0.25, 0.3) is 11.1 Å². The Kier molecular flexibility index (Phi) is 8.28. The van der Waals surface area contributed by atoms with Crippen molar-refractivity contribution in [3.8, 4) is 11.4 Å². The van der Waals surface area contributed by atoms with Crippen LogP contribution in [0.2, 0.25) is 10.3 Å². The van der Waals surface area contributed by atoms with Crippen molar-refractivity contribution >= 4 is 66.4 Å². The molecule has 0 radical (unpaired) electrons. The van der Waals surface area contributed by atoms with Crippen LogP contribution in [-0.4, -0.2) is 27.4 Å². The number of aromatic nitrogens is 6. The normalized spacial score (nSPS) is 12.0. The number of benzene rings is 2. The topological polar surface area (TPSA) is 125 Å². The molecule has 6 rings (SSSR count). The van der Waals surface area contributed by atoms with Gasteiger partial charge >= 0.3 is 23.7 Å². The first-order valence-electron chi connectivity index (χ1n) is 11.9. The SMILES string of the molecule is Cn1c(C(F)(F)F)cc(=O)n(-c2ccc3snc(Cl)c3c2)c1=O.O=c1cc(C(F)(F)F)[nH]c(=O)n1-c1ccc2snc(Cl)c2c1. The van der Waals surface area contributed by atoms with Gasteiger partial charge in [0, 0.05) is 30.0 Å². The second-order valence-electron chi connectivity index (χ2n) is 9.01. The second-order valence-corrected chi connectivity index (χ2v) is 11.3. The number of fused-ring (bicyclic) bond motifs is 2. The van der Waals surface area contributed by atoms with Crippen molar-refractivity contribution < 1.29 is 26.3 Å². The Morgan fingerprint density at radius 1 is 0.711 bits per heavy atom. The third kappa shape index (κ3) is 6.18.